The normalized spacial score (nSPS) is 11.7. The van der Waals surface area contributed by atoms with E-state index >= 15 is 0 Å². The summed E-state index contributed by atoms with van der Waals surface area (Å²) < 4.78 is 5.34. The van der Waals surface area contributed by atoms with E-state index in [1.807, 2.05) is 41.8 Å². The number of carbonyl (C=O) groups excluding carboxylic acids is 1. The van der Waals surface area contributed by atoms with Crippen molar-refractivity contribution in [2.75, 3.05) is 19.1 Å². The van der Waals surface area contributed by atoms with Crippen LogP contribution in [0.15, 0.2) is 53.9 Å². The molecular weight excluding hydrogens is 424 g/mol. The zero-order chi connectivity index (χ0) is 21.7. The van der Waals surface area contributed by atoms with Gasteiger partial charge in [-0.1, -0.05) is 48.0 Å². The van der Waals surface area contributed by atoms with Crippen LogP contribution in [0.2, 0.25) is 5.02 Å². The van der Waals surface area contributed by atoms with Gasteiger partial charge in [0.05, 0.1) is 25.1 Å². The first-order valence-electron chi connectivity index (χ1n) is 9.22. The highest BCUT2D eigenvalue weighted by atomic mass is 35.5. The minimum atomic E-state index is -1.03. The van der Waals surface area contributed by atoms with Gasteiger partial charge in [0.1, 0.15) is 5.75 Å². The number of carboxylic acid groups (broad SMARTS) is 1. The molecule has 0 aliphatic carbocycles. The van der Waals surface area contributed by atoms with Crippen LogP contribution >= 0.6 is 22.9 Å². The van der Waals surface area contributed by atoms with E-state index in [9.17, 15) is 14.7 Å². The summed E-state index contributed by atoms with van der Waals surface area (Å²) in [5.41, 5.74) is 2.22. The van der Waals surface area contributed by atoms with Crippen molar-refractivity contribution in [3.05, 3.63) is 64.5 Å². The molecule has 1 heterocycles. The molecule has 3 aromatic rings. The molecule has 6 nitrogen and oxygen atoms in total. The third kappa shape index (κ3) is 4.98. The molecule has 0 radical (unpaired) electrons. The minimum absolute atomic E-state index is 0.252. The molecule has 1 amide bonds. The third-order valence-electron chi connectivity index (χ3n) is 4.69. The molecule has 2 aromatic carbocycles. The number of carbonyl (C=O) groups is 2. The van der Waals surface area contributed by atoms with Gasteiger partial charge in [0.2, 0.25) is 5.91 Å². The summed E-state index contributed by atoms with van der Waals surface area (Å²) in [5.74, 6) is -1.48. The van der Waals surface area contributed by atoms with Crippen LogP contribution in [0.4, 0.5) is 5.13 Å². The number of anilines is 1. The lowest BCUT2D eigenvalue weighted by atomic mass is 9.94. The van der Waals surface area contributed by atoms with E-state index in [0.717, 1.165) is 11.1 Å². The van der Waals surface area contributed by atoms with Crippen molar-refractivity contribution >= 4 is 39.9 Å². The number of benzene rings is 2. The topological polar surface area (TPSA) is 79.7 Å². The number of hydrogen-bond donors (Lipinski definition) is 1. The van der Waals surface area contributed by atoms with Gasteiger partial charge in [-0.05, 0) is 24.1 Å². The smallest absolute Gasteiger partial charge is 0.304 e. The SMILES string of the molecule is COc1ccccc1CC(CC(=O)O)C(=O)N(C)c1nc(-c2ccccc2Cl)cs1. The highest BCUT2D eigenvalue weighted by Gasteiger charge is 2.28. The van der Waals surface area contributed by atoms with Crippen molar-refractivity contribution in [1.29, 1.82) is 0 Å². The Kier molecular flexibility index (Phi) is 7.07. The molecule has 0 aliphatic rings. The van der Waals surface area contributed by atoms with Crippen molar-refractivity contribution in [1.82, 2.24) is 4.98 Å². The molecule has 0 bridgehead atoms. The Morgan fingerprint density at radius 2 is 1.90 bits per heavy atom. The van der Waals surface area contributed by atoms with Crippen LogP contribution < -0.4 is 9.64 Å². The average Bonchev–Trinajstić information content (AvgIpc) is 3.22. The quantitative estimate of drug-likeness (QED) is 0.541. The first kappa shape index (κ1) is 21.8. The Morgan fingerprint density at radius 1 is 1.20 bits per heavy atom. The number of halogens is 1. The van der Waals surface area contributed by atoms with Gasteiger partial charge in [0.25, 0.3) is 0 Å². The Hall–Kier alpha value is -2.90. The second-order valence-electron chi connectivity index (χ2n) is 6.70. The van der Waals surface area contributed by atoms with Crippen LogP contribution in [-0.4, -0.2) is 36.1 Å². The van der Waals surface area contributed by atoms with Gasteiger partial charge >= 0.3 is 5.97 Å². The second-order valence-corrected chi connectivity index (χ2v) is 7.95. The number of amides is 1. The molecule has 3 rings (SSSR count). The van der Waals surface area contributed by atoms with Crippen molar-refractivity contribution in [3.8, 4) is 17.0 Å². The molecule has 0 saturated carbocycles. The molecule has 0 fully saturated rings. The number of methoxy groups -OCH3 is 1. The predicted octanol–water partition coefficient (Wildman–Crippen LogP) is 4.77. The number of rotatable bonds is 8. The number of hydrogen-bond acceptors (Lipinski definition) is 5. The monoisotopic (exact) mass is 444 g/mol. The lowest BCUT2D eigenvalue weighted by Crippen LogP contribution is -2.35. The molecule has 30 heavy (non-hydrogen) atoms. The number of ether oxygens (including phenoxy) is 1. The summed E-state index contributed by atoms with van der Waals surface area (Å²) >= 11 is 7.55. The molecule has 0 spiro atoms. The summed E-state index contributed by atoms with van der Waals surface area (Å²) in [6.45, 7) is 0. The maximum atomic E-state index is 13.2. The van der Waals surface area contributed by atoms with Crippen LogP contribution in [0.25, 0.3) is 11.3 Å². The van der Waals surface area contributed by atoms with E-state index in [1.54, 1.807) is 26.3 Å². The Balaban J connectivity index is 1.84. The molecule has 0 aliphatic heterocycles. The molecule has 1 N–H and O–H groups in total. The zero-order valence-corrected chi connectivity index (χ0v) is 18.1. The van der Waals surface area contributed by atoms with Crippen LogP contribution in [0.3, 0.4) is 0 Å². The Bertz CT molecular complexity index is 1050. The number of nitrogens with zero attached hydrogens (tertiary/aromatic N) is 2. The van der Waals surface area contributed by atoms with Crippen molar-refractivity contribution < 1.29 is 19.4 Å². The van der Waals surface area contributed by atoms with Crippen LogP contribution in [0, 0.1) is 5.92 Å². The first-order chi connectivity index (χ1) is 14.4. The molecule has 1 atom stereocenters. The van der Waals surface area contributed by atoms with E-state index in [0.29, 0.717) is 21.6 Å². The van der Waals surface area contributed by atoms with E-state index in [1.165, 1.54) is 16.2 Å². The van der Waals surface area contributed by atoms with Crippen molar-refractivity contribution in [2.24, 2.45) is 5.92 Å². The van der Waals surface area contributed by atoms with Gasteiger partial charge in [0.15, 0.2) is 5.13 Å². The molecule has 156 valence electrons. The fourth-order valence-corrected chi connectivity index (χ4v) is 4.20. The number of aromatic nitrogens is 1. The summed E-state index contributed by atoms with van der Waals surface area (Å²) in [4.78, 5) is 30.5. The van der Waals surface area contributed by atoms with E-state index in [4.69, 9.17) is 16.3 Å². The van der Waals surface area contributed by atoms with Crippen LogP contribution in [0.5, 0.6) is 5.75 Å². The summed E-state index contributed by atoms with van der Waals surface area (Å²) in [7, 11) is 3.15. The maximum Gasteiger partial charge on any atom is 0.304 e. The van der Waals surface area contributed by atoms with E-state index in [2.05, 4.69) is 4.98 Å². The highest BCUT2D eigenvalue weighted by molar-refractivity contribution is 7.14. The van der Waals surface area contributed by atoms with Crippen molar-refractivity contribution in [2.45, 2.75) is 12.8 Å². The highest BCUT2D eigenvalue weighted by Crippen LogP contribution is 2.32. The molecular formula is C22H21ClN2O4S. The molecule has 8 heteroatoms. The lowest BCUT2D eigenvalue weighted by Gasteiger charge is -2.21. The zero-order valence-electron chi connectivity index (χ0n) is 16.5. The molecule has 1 aromatic heterocycles. The van der Waals surface area contributed by atoms with Gasteiger partial charge in [-0.3, -0.25) is 14.5 Å². The average molecular weight is 445 g/mol. The van der Waals surface area contributed by atoms with Crippen LogP contribution in [0.1, 0.15) is 12.0 Å². The van der Waals surface area contributed by atoms with E-state index in [-0.39, 0.29) is 18.7 Å². The third-order valence-corrected chi connectivity index (χ3v) is 5.94. The number of thiazole rings is 1. The van der Waals surface area contributed by atoms with Gasteiger partial charge in [-0.15, -0.1) is 11.3 Å². The predicted molar refractivity (Wildman–Crippen MR) is 118 cm³/mol. The first-order valence-corrected chi connectivity index (χ1v) is 10.5. The Morgan fingerprint density at radius 3 is 2.60 bits per heavy atom. The summed E-state index contributed by atoms with van der Waals surface area (Å²) in [5, 5.41) is 12.2. The van der Waals surface area contributed by atoms with Gasteiger partial charge in [0, 0.05) is 23.0 Å². The van der Waals surface area contributed by atoms with Gasteiger partial charge < -0.3 is 9.84 Å². The number of aliphatic carboxylic acids is 1. The van der Waals surface area contributed by atoms with Gasteiger partial charge in [-0.2, -0.15) is 0 Å². The standard InChI is InChI=1S/C22H21ClN2O4S/c1-25(22-24-18(13-30-22)16-8-4-5-9-17(16)23)21(28)15(12-20(26)27)11-14-7-3-6-10-19(14)29-2/h3-10,13,15H,11-12H2,1-2H3,(H,26,27). The summed E-state index contributed by atoms with van der Waals surface area (Å²) in [6.07, 6.45) is -0.0355. The Labute approximate surface area is 183 Å². The van der Waals surface area contributed by atoms with E-state index < -0.39 is 11.9 Å². The second kappa shape index (κ2) is 9.73. The van der Waals surface area contributed by atoms with Crippen LogP contribution in [-0.2, 0) is 16.0 Å². The number of carboxylic acids is 1. The van der Waals surface area contributed by atoms with Gasteiger partial charge in [-0.25, -0.2) is 4.98 Å². The maximum absolute atomic E-state index is 13.2. The number of para-hydroxylation sites is 1. The molecule has 0 saturated heterocycles. The largest absolute Gasteiger partial charge is 0.496 e. The molecule has 1 unspecified atom stereocenters. The minimum Gasteiger partial charge on any atom is -0.496 e. The van der Waals surface area contributed by atoms with Crippen molar-refractivity contribution in [3.63, 3.8) is 0 Å². The fourth-order valence-electron chi connectivity index (χ4n) is 3.17. The fraction of sp³-hybridized carbons (Fsp3) is 0.227. The lowest BCUT2D eigenvalue weighted by molar-refractivity contribution is -0.140. The summed E-state index contributed by atoms with van der Waals surface area (Å²) in [6, 6.07) is 14.6.